The number of benzene rings is 2. The highest BCUT2D eigenvalue weighted by Crippen LogP contribution is 2.29. The first-order valence-corrected chi connectivity index (χ1v) is 12.8. The number of carbonyl (C=O) groups is 1. The fraction of sp³-hybridized carbons (Fsp3) is 0.419. The summed E-state index contributed by atoms with van der Waals surface area (Å²) in [6.07, 6.45) is 5.51. The van der Waals surface area contributed by atoms with E-state index in [2.05, 4.69) is 38.6 Å². The lowest BCUT2D eigenvalue weighted by atomic mass is 9.94. The molecule has 0 amide bonds. The van der Waals surface area contributed by atoms with Gasteiger partial charge in [-0.1, -0.05) is 65.3 Å². The summed E-state index contributed by atoms with van der Waals surface area (Å²) in [6, 6.07) is 13.8. The molecule has 0 aliphatic heterocycles. The van der Waals surface area contributed by atoms with Gasteiger partial charge in [0.05, 0.1) is 18.8 Å². The van der Waals surface area contributed by atoms with Crippen LogP contribution in [0.3, 0.4) is 0 Å². The van der Waals surface area contributed by atoms with Gasteiger partial charge in [-0.15, -0.1) is 0 Å². The van der Waals surface area contributed by atoms with E-state index in [1.807, 2.05) is 32.0 Å². The summed E-state index contributed by atoms with van der Waals surface area (Å²) in [7, 11) is 0. The first-order chi connectivity index (χ1) is 17.1. The van der Waals surface area contributed by atoms with Gasteiger partial charge in [0, 0.05) is 22.4 Å². The van der Waals surface area contributed by atoms with Crippen molar-refractivity contribution in [3.05, 3.63) is 76.2 Å². The maximum atomic E-state index is 13.0. The van der Waals surface area contributed by atoms with Crippen molar-refractivity contribution in [3.63, 3.8) is 0 Å². The molecule has 0 unspecified atom stereocenters. The molecule has 0 saturated carbocycles. The highest BCUT2D eigenvalue weighted by molar-refractivity contribution is 5.87. The summed E-state index contributed by atoms with van der Waals surface area (Å²) in [5.74, 6) is 0.173. The third kappa shape index (κ3) is 7.09. The number of unbranched alkanes of at least 4 members (excludes halogenated alkanes) is 2. The van der Waals surface area contributed by atoms with Crippen LogP contribution in [0.1, 0.15) is 65.0 Å². The molecule has 5 heteroatoms. The molecule has 0 fully saturated rings. The second-order valence-corrected chi connectivity index (χ2v) is 10.3. The van der Waals surface area contributed by atoms with E-state index in [4.69, 9.17) is 13.9 Å². The Morgan fingerprint density at radius 1 is 1.00 bits per heavy atom. The Morgan fingerprint density at radius 2 is 1.78 bits per heavy atom. The number of rotatable bonds is 12. The van der Waals surface area contributed by atoms with Gasteiger partial charge in [-0.25, -0.2) is 9.59 Å². The van der Waals surface area contributed by atoms with Crippen molar-refractivity contribution in [2.45, 2.75) is 66.7 Å². The quantitative estimate of drug-likeness (QED) is 0.115. The minimum atomic E-state index is -0.413. The summed E-state index contributed by atoms with van der Waals surface area (Å²) in [5.41, 5.74) is 4.06. The molecule has 3 rings (SSSR count). The van der Waals surface area contributed by atoms with Crippen molar-refractivity contribution < 1.29 is 18.7 Å². The number of carbonyl (C=O) groups excluding carboxylic acids is 1. The van der Waals surface area contributed by atoms with E-state index >= 15 is 0 Å². The number of hydrogen-bond donors (Lipinski definition) is 0. The van der Waals surface area contributed by atoms with Crippen molar-refractivity contribution in [3.8, 4) is 16.9 Å². The minimum absolute atomic E-state index is 0.210. The smallest absolute Gasteiger partial charge is 0.344 e. The Bertz CT molecular complexity index is 1280. The van der Waals surface area contributed by atoms with Crippen LogP contribution in [0, 0.1) is 5.41 Å². The largest absolute Gasteiger partial charge is 0.493 e. The Balaban J connectivity index is 1.78. The van der Waals surface area contributed by atoms with Crippen LogP contribution >= 0.6 is 0 Å². The highest BCUT2D eigenvalue weighted by atomic mass is 16.5. The van der Waals surface area contributed by atoms with Gasteiger partial charge in [-0.05, 0) is 61.1 Å². The van der Waals surface area contributed by atoms with E-state index in [0.29, 0.717) is 29.1 Å². The predicted molar refractivity (Wildman–Crippen MR) is 146 cm³/mol. The van der Waals surface area contributed by atoms with Crippen molar-refractivity contribution in [1.29, 1.82) is 0 Å². The molecule has 0 aliphatic carbocycles. The molecule has 0 bridgehead atoms. The van der Waals surface area contributed by atoms with Crippen LogP contribution < -0.4 is 10.4 Å². The van der Waals surface area contributed by atoms with Crippen molar-refractivity contribution in [1.82, 2.24) is 0 Å². The number of esters is 1. The molecule has 0 N–H and O–H groups in total. The van der Waals surface area contributed by atoms with Gasteiger partial charge in [-0.2, -0.15) is 0 Å². The lowest BCUT2D eigenvalue weighted by Crippen LogP contribution is -2.28. The Morgan fingerprint density at radius 3 is 2.47 bits per heavy atom. The Hall–Kier alpha value is -3.34. The molecular weight excluding hydrogens is 452 g/mol. The summed E-state index contributed by atoms with van der Waals surface area (Å²) in [5, 5.41) is 0.834. The molecule has 5 nitrogen and oxygen atoms in total. The molecule has 0 aliphatic rings. The average Bonchev–Trinajstić information content (AvgIpc) is 2.85. The van der Waals surface area contributed by atoms with Crippen molar-refractivity contribution in [2.24, 2.45) is 5.41 Å². The number of ether oxygens (including phenoxy) is 2. The molecule has 0 radical (unpaired) electrons. The topological polar surface area (TPSA) is 65.7 Å². The van der Waals surface area contributed by atoms with E-state index in [0.717, 1.165) is 29.4 Å². The maximum Gasteiger partial charge on any atom is 0.344 e. The van der Waals surface area contributed by atoms with Gasteiger partial charge in [0.2, 0.25) is 0 Å². The van der Waals surface area contributed by atoms with E-state index in [1.54, 1.807) is 13.0 Å². The number of aryl methyl sites for hydroxylation is 2. The number of fused-ring (bicyclic) bond motifs is 1. The number of hydrogen-bond acceptors (Lipinski definition) is 5. The van der Waals surface area contributed by atoms with Gasteiger partial charge in [-0.3, -0.25) is 0 Å². The summed E-state index contributed by atoms with van der Waals surface area (Å²) in [4.78, 5) is 24.6. The highest BCUT2D eigenvalue weighted by Gasteiger charge is 2.22. The van der Waals surface area contributed by atoms with E-state index < -0.39 is 11.4 Å². The van der Waals surface area contributed by atoms with Gasteiger partial charge >= 0.3 is 11.6 Å². The van der Waals surface area contributed by atoms with Gasteiger partial charge in [0.25, 0.3) is 0 Å². The average molecular weight is 491 g/mol. The van der Waals surface area contributed by atoms with E-state index in [9.17, 15) is 9.59 Å². The Labute approximate surface area is 214 Å². The molecule has 1 heterocycles. The summed E-state index contributed by atoms with van der Waals surface area (Å²) >= 11 is 0. The van der Waals surface area contributed by atoms with Crippen LogP contribution in [0.4, 0.5) is 0 Å². The van der Waals surface area contributed by atoms with Gasteiger partial charge < -0.3 is 13.9 Å². The fourth-order valence-corrected chi connectivity index (χ4v) is 4.01. The standard InChI is InChI=1S/C31H38O5/c1-7-9-10-11-22-12-15-26(23(8-2)16-22)27-17-24-13-14-25(18-28(24)36-30(27)33)34-19-31(5,6)20-35-29(32)21(3)4/h12-18H,3,7-11,19-20H2,1-2,4-6H3. The molecule has 36 heavy (non-hydrogen) atoms. The third-order valence-corrected chi connectivity index (χ3v) is 6.19. The predicted octanol–water partition coefficient (Wildman–Crippen LogP) is 7.28. The second kappa shape index (κ2) is 12.1. The first kappa shape index (κ1) is 27.3. The van der Waals surface area contributed by atoms with Crippen LogP contribution in [-0.2, 0) is 22.4 Å². The molecule has 0 saturated heterocycles. The van der Waals surface area contributed by atoms with Crippen LogP contribution in [0.15, 0.2) is 63.8 Å². The monoisotopic (exact) mass is 490 g/mol. The zero-order valence-electron chi connectivity index (χ0n) is 22.2. The summed E-state index contributed by atoms with van der Waals surface area (Å²) in [6.45, 7) is 14.0. The fourth-order valence-electron chi connectivity index (χ4n) is 4.01. The zero-order valence-corrected chi connectivity index (χ0v) is 22.2. The lowest BCUT2D eigenvalue weighted by molar-refractivity contribution is -0.142. The second-order valence-electron chi connectivity index (χ2n) is 10.3. The van der Waals surface area contributed by atoms with Crippen LogP contribution in [0.5, 0.6) is 5.75 Å². The molecule has 0 spiro atoms. The Kier molecular flexibility index (Phi) is 9.14. The normalized spacial score (nSPS) is 11.5. The zero-order chi connectivity index (χ0) is 26.3. The maximum absolute atomic E-state index is 13.0. The minimum Gasteiger partial charge on any atom is -0.493 e. The molecule has 2 aromatic carbocycles. The molecular formula is C31H38O5. The van der Waals surface area contributed by atoms with Gasteiger partial charge in [0.1, 0.15) is 11.3 Å². The SMILES string of the molecule is C=C(C)C(=O)OCC(C)(C)COc1ccc2cc(-c3ccc(CCCCC)cc3CC)c(=O)oc2c1. The van der Waals surface area contributed by atoms with E-state index in [1.165, 1.54) is 24.8 Å². The van der Waals surface area contributed by atoms with Crippen LogP contribution in [-0.4, -0.2) is 19.2 Å². The van der Waals surface area contributed by atoms with Crippen molar-refractivity contribution in [2.75, 3.05) is 13.2 Å². The van der Waals surface area contributed by atoms with Crippen LogP contribution in [0.25, 0.3) is 22.1 Å². The lowest BCUT2D eigenvalue weighted by Gasteiger charge is -2.24. The summed E-state index contributed by atoms with van der Waals surface area (Å²) < 4.78 is 16.9. The molecule has 0 atom stereocenters. The molecule has 3 aromatic rings. The van der Waals surface area contributed by atoms with Crippen LogP contribution in [0.2, 0.25) is 0 Å². The first-order valence-electron chi connectivity index (χ1n) is 12.8. The van der Waals surface area contributed by atoms with Crippen molar-refractivity contribution >= 4 is 16.9 Å². The third-order valence-electron chi connectivity index (χ3n) is 6.19. The van der Waals surface area contributed by atoms with Gasteiger partial charge in [0.15, 0.2) is 0 Å². The molecule has 1 aromatic heterocycles. The van der Waals surface area contributed by atoms with E-state index in [-0.39, 0.29) is 12.2 Å². The molecule has 192 valence electrons.